The van der Waals surface area contributed by atoms with Crippen LogP contribution < -0.4 is 28.4 Å². The van der Waals surface area contributed by atoms with E-state index >= 15 is 0 Å². The summed E-state index contributed by atoms with van der Waals surface area (Å²) in [5.41, 5.74) is 3.56. The van der Waals surface area contributed by atoms with Gasteiger partial charge in [-0.25, -0.2) is 0 Å². The lowest BCUT2D eigenvalue weighted by molar-refractivity contribution is 0.0815. The predicted molar refractivity (Wildman–Crippen MR) is 160 cm³/mol. The Bertz CT molecular complexity index is 1590. The molecule has 0 aliphatic carbocycles. The fourth-order valence-electron chi connectivity index (χ4n) is 4.78. The molecule has 0 fully saturated rings. The van der Waals surface area contributed by atoms with Gasteiger partial charge in [-0.05, 0) is 60.4 Å². The zero-order valence-corrected chi connectivity index (χ0v) is 24.6. The van der Waals surface area contributed by atoms with Gasteiger partial charge in [0, 0.05) is 28.8 Å². The number of carbonyl (C=O) groups excluding carboxylic acids is 2. The average Bonchev–Trinajstić information content (AvgIpc) is 3.05. The summed E-state index contributed by atoms with van der Waals surface area (Å²) in [4.78, 5) is 26.8. The van der Waals surface area contributed by atoms with Crippen molar-refractivity contribution in [2.75, 3.05) is 42.7 Å². The molecule has 0 amide bonds. The lowest BCUT2D eigenvalue weighted by atomic mass is 9.93. The molecule has 0 N–H and O–H groups in total. The van der Waals surface area contributed by atoms with Gasteiger partial charge in [-0.15, -0.1) is 0 Å². The Morgan fingerprint density at radius 3 is 1.71 bits per heavy atom. The van der Waals surface area contributed by atoms with Crippen LogP contribution in [0.15, 0.2) is 72.8 Å². The lowest BCUT2D eigenvalue weighted by Crippen LogP contribution is -2.16. The Kier molecular flexibility index (Phi) is 9.70. The van der Waals surface area contributed by atoms with E-state index in [9.17, 15) is 9.59 Å². The Hall–Kier alpha value is -4.98. The van der Waals surface area contributed by atoms with E-state index in [-0.39, 0.29) is 16.9 Å². The van der Waals surface area contributed by atoms with Crippen molar-refractivity contribution in [3.8, 4) is 45.6 Å². The third-order valence-electron chi connectivity index (χ3n) is 7.01. The Morgan fingerprint density at radius 2 is 1.10 bits per heavy atom. The first kappa shape index (κ1) is 30.0. The van der Waals surface area contributed by atoms with Crippen LogP contribution in [0.5, 0.6) is 34.5 Å². The summed E-state index contributed by atoms with van der Waals surface area (Å²) < 4.78 is 33.3. The molecule has 8 heteroatoms. The number of benzene rings is 4. The van der Waals surface area contributed by atoms with Crippen LogP contribution in [0.4, 0.5) is 0 Å². The molecule has 0 radical (unpaired) electrons. The maximum Gasteiger partial charge on any atom is 0.237 e. The van der Waals surface area contributed by atoms with E-state index in [0.29, 0.717) is 40.5 Å². The summed E-state index contributed by atoms with van der Waals surface area (Å²) in [7, 11) is 9.27. The molecule has 0 aliphatic rings. The SMILES string of the molecule is COc1cccc(CCc2cc(-c3cc(C(=O)C(=O)c4cccc(OC)c4)c(OC)cc3OC)c(OC)cc2OC)c1. The molecule has 8 nitrogen and oxygen atoms in total. The highest BCUT2D eigenvalue weighted by Gasteiger charge is 2.26. The Labute approximate surface area is 245 Å². The second-order valence-electron chi connectivity index (χ2n) is 9.36. The first-order chi connectivity index (χ1) is 20.4. The molecule has 0 heterocycles. The van der Waals surface area contributed by atoms with E-state index in [0.717, 1.165) is 23.3 Å². The van der Waals surface area contributed by atoms with E-state index < -0.39 is 11.6 Å². The van der Waals surface area contributed by atoms with E-state index in [1.165, 1.54) is 27.4 Å². The van der Waals surface area contributed by atoms with Gasteiger partial charge in [-0.2, -0.15) is 0 Å². The molecular weight excluding hydrogens is 536 g/mol. The number of hydrogen-bond acceptors (Lipinski definition) is 8. The standard InChI is InChI=1S/C34H34O8/c1-37-24-11-7-9-21(15-24)13-14-22-17-26(30(40-4)19-29(22)39-3)27-18-28(32(42-6)20-31(27)41-5)34(36)33(35)23-10-8-12-25(16-23)38-2/h7-12,15-20H,13-14H2,1-6H3. The summed E-state index contributed by atoms with van der Waals surface area (Å²) >= 11 is 0. The smallest absolute Gasteiger partial charge is 0.237 e. The lowest BCUT2D eigenvalue weighted by Gasteiger charge is -2.19. The first-order valence-electron chi connectivity index (χ1n) is 13.2. The molecular formula is C34H34O8. The van der Waals surface area contributed by atoms with Gasteiger partial charge in [0.1, 0.15) is 34.5 Å². The number of ether oxygens (including phenoxy) is 6. The zero-order valence-electron chi connectivity index (χ0n) is 24.6. The van der Waals surface area contributed by atoms with Crippen molar-refractivity contribution in [1.29, 1.82) is 0 Å². The Balaban J connectivity index is 1.80. The van der Waals surface area contributed by atoms with Crippen molar-refractivity contribution in [2.24, 2.45) is 0 Å². The maximum absolute atomic E-state index is 13.6. The number of hydrogen-bond donors (Lipinski definition) is 0. The fraction of sp³-hybridized carbons (Fsp3) is 0.235. The second-order valence-corrected chi connectivity index (χ2v) is 9.36. The van der Waals surface area contributed by atoms with E-state index in [1.54, 1.807) is 51.7 Å². The quantitative estimate of drug-likeness (QED) is 0.138. The largest absolute Gasteiger partial charge is 0.497 e. The van der Waals surface area contributed by atoms with E-state index in [1.807, 2.05) is 36.4 Å². The average molecular weight is 571 g/mol. The molecule has 0 saturated carbocycles. The topological polar surface area (TPSA) is 89.5 Å². The molecule has 4 rings (SSSR count). The van der Waals surface area contributed by atoms with Crippen LogP contribution in [0.3, 0.4) is 0 Å². The number of ketones is 2. The first-order valence-corrected chi connectivity index (χ1v) is 13.2. The Morgan fingerprint density at radius 1 is 0.524 bits per heavy atom. The van der Waals surface area contributed by atoms with Gasteiger partial charge in [0.2, 0.25) is 11.6 Å². The summed E-state index contributed by atoms with van der Waals surface area (Å²) in [6, 6.07) is 21.3. The van der Waals surface area contributed by atoms with Crippen molar-refractivity contribution in [3.05, 3.63) is 95.1 Å². The molecule has 0 aromatic heterocycles. The third-order valence-corrected chi connectivity index (χ3v) is 7.01. The zero-order chi connectivity index (χ0) is 30.2. The van der Waals surface area contributed by atoms with E-state index in [4.69, 9.17) is 28.4 Å². The molecule has 0 unspecified atom stereocenters. The van der Waals surface area contributed by atoms with E-state index in [2.05, 4.69) is 0 Å². The third kappa shape index (κ3) is 6.33. The van der Waals surface area contributed by atoms with Gasteiger partial charge in [-0.1, -0.05) is 24.3 Å². The summed E-state index contributed by atoms with van der Waals surface area (Å²) in [5.74, 6) is 1.67. The van der Waals surface area contributed by atoms with Gasteiger partial charge in [0.25, 0.3) is 0 Å². The summed E-state index contributed by atoms with van der Waals surface area (Å²) in [5, 5.41) is 0. The van der Waals surface area contributed by atoms with Crippen molar-refractivity contribution >= 4 is 11.6 Å². The van der Waals surface area contributed by atoms with Crippen molar-refractivity contribution in [1.82, 2.24) is 0 Å². The highest BCUT2D eigenvalue weighted by atomic mass is 16.5. The number of carbonyl (C=O) groups is 2. The molecule has 0 bridgehead atoms. The number of Topliss-reactive ketones (excluding diaryl/α,β-unsaturated/α-hetero) is 2. The minimum atomic E-state index is -0.727. The maximum atomic E-state index is 13.6. The van der Waals surface area contributed by atoms with Gasteiger partial charge in [-0.3, -0.25) is 9.59 Å². The predicted octanol–water partition coefficient (Wildman–Crippen LogP) is 6.26. The molecule has 4 aromatic carbocycles. The van der Waals surface area contributed by atoms with Crippen molar-refractivity contribution < 1.29 is 38.0 Å². The highest BCUT2D eigenvalue weighted by Crippen LogP contribution is 2.43. The molecule has 42 heavy (non-hydrogen) atoms. The molecule has 218 valence electrons. The molecule has 4 aromatic rings. The van der Waals surface area contributed by atoms with Crippen molar-refractivity contribution in [3.63, 3.8) is 0 Å². The monoisotopic (exact) mass is 570 g/mol. The van der Waals surface area contributed by atoms with Crippen LogP contribution in [-0.2, 0) is 12.8 Å². The van der Waals surface area contributed by atoms with Crippen LogP contribution in [-0.4, -0.2) is 54.2 Å². The fourth-order valence-corrected chi connectivity index (χ4v) is 4.78. The molecule has 0 atom stereocenters. The van der Waals surface area contributed by atoms with Crippen LogP contribution in [0.25, 0.3) is 11.1 Å². The molecule has 0 aliphatic heterocycles. The number of rotatable bonds is 13. The van der Waals surface area contributed by atoms with Gasteiger partial charge < -0.3 is 28.4 Å². The van der Waals surface area contributed by atoms with Gasteiger partial charge in [0.15, 0.2) is 0 Å². The highest BCUT2D eigenvalue weighted by molar-refractivity contribution is 6.49. The molecule has 0 saturated heterocycles. The number of aryl methyl sites for hydroxylation is 2. The minimum absolute atomic E-state index is 0.0944. The molecule has 0 spiro atoms. The number of methoxy groups -OCH3 is 6. The summed E-state index contributed by atoms with van der Waals surface area (Å²) in [6.07, 6.45) is 1.39. The van der Waals surface area contributed by atoms with Gasteiger partial charge in [0.05, 0.1) is 48.2 Å². The van der Waals surface area contributed by atoms with Gasteiger partial charge >= 0.3 is 0 Å². The summed E-state index contributed by atoms with van der Waals surface area (Å²) in [6.45, 7) is 0. The van der Waals surface area contributed by atoms with Crippen LogP contribution >= 0.6 is 0 Å². The van der Waals surface area contributed by atoms with Crippen LogP contribution in [0.2, 0.25) is 0 Å². The minimum Gasteiger partial charge on any atom is -0.497 e. The van der Waals surface area contributed by atoms with Crippen LogP contribution in [0.1, 0.15) is 31.8 Å². The van der Waals surface area contributed by atoms with Crippen LogP contribution in [0, 0.1) is 0 Å². The van der Waals surface area contributed by atoms with Crippen molar-refractivity contribution in [2.45, 2.75) is 12.8 Å². The normalized spacial score (nSPS) is 10.5. The second kappa shape index (κ2) is 13.6.